The Hall–Kier alpha value is -0.0900. The van der Waals surface area contributed by atoms with Gasteiger partial charge in [-0.1, -0.05) is 66.2 Å². The molecule has 0 rings (SSSR count). The van der Waals surface area contributed by atoms with Gasteiger partial charge in [-0.2, -0.15) is 0 Å². The van der Waals surface area contributed by atoms with E-state index in [1.807, 2.05) is 13.8 Å². The summed E-state index contributed by atoms with van der Waals surface area (Å²) < 4.78 is 26.2. The maximum Gasteiger partial charge on any atom is 0.211 e. The van der Waals surface area contributed by atoms with Crippen molar-refractivity contribution in [2.45, 2.75) is 79.1 Å². The molecule has 0 saturated carbocycles. The van der Waals surface area contributed by atoms with Crippen LogP contribution in [0.25, 0.3) is 0 Å². The molecule has 0 aromatic carbocycles. The standard InChI is InChI=1S/C16H35NO2S/c1-5-7-10-16(11-8-6-2)12-9-13-17-20(18,19)14-15(3)4/h15-17H,5-14H2,1-4H3. The molecule has 0 atom stereocenters. The van der Waals surface area contributed by atoms with Crippen LogP contribution in [-0.4, -0.2) is 20.7 Å². The van der Waals surface area contributed by atoms with Crippen LogP contribution in [0.1, 0.15) is 79.1 Å². The Balaban J connectivity index is 3.92. The smallest absolute Gasteiger partial charge is 0.211 e. The van der Waals surface area contributed by atoms with Gasteiger partial charge in [0.15, 0.2) is 0 Å². The van der Waals surface area contributed by atoms with Crippen molar-refractivity contribution in [3.63, 3.8) is 0 Å². The highest BCUT2D eigenvalue weighted by Gasteiger charge is 2.13. The van der Waals surface area contributed by atoms with E-state index >= 15 is 0 Å². The second-order valence-electron chi connectivity index (χ2n) is 6.36. The van der Waals surface area contributed by atoms with E-state index in [2.05, 4.69) is 18.6 Å². The fourth-order valence-corrected chi connectivity index (χ4v) is 3.99. The molecule has 0 fully saturated rings. The summed E-state index contributed by atoms with van der Waals surface area (Å²) in [6, 6.07) is 0. The zero-order valence-electron chi connectivity index (χ0n) is 14.0. The fourth-order valence-electron chi connectivity index (χ4n) is 2.53. The van der Waals surface area contributed by atoms with Crippen LogP contribution in [0, 0.1) is 11.8 Å². The molecule has 1 N–H and O–H groups in total. The minimum Gasteiger partial charge on any atom is -0.215 e. The zero-order valence-corrected chi connectivity index (χ0v) is 14.8. The molecule has 0 radical (unpaired) electrons. The maximum atomic E-state index is 11.7. The lowest BCUT2D eigenvalue weighted by molar-refractivity contribution is 0.384. The molecule has 0 aliphatic heterocycles. The van der Waals surface area contributed by atoms with Crippen LogP contribution >= 0.6 is 0 Å². The highest BCUT2D eigenvalue weighted by Crippen LogP contribution is 2.21. The SMILES string of the molecule is CCCCC(CCCC)CCCNS(=O)(=O)CC(C)C. The second-order valence-corrected chi connectivity index (χ2v) is 8.21. The molecule has 0 bridgehead atoms. The molecule has 0 aliphatic carbocycles. The van der Waals surface area contributed by atoms with Gasteiger partial charge in [0, 0.05) is 6.54 Å². The topological polar surface area (TPSA) is 46.2 Å². The number of hydrogen-bond donors (Lipinski definition) is 1. The van der Waals surface area contributed by atoms with Crippen LogP contribution in [0.15, 0.2) is 0 Å². The summed E-state index contributed by atoms with van der Waals surface area (Å²) in [6.45, 7) is 8.94. The second kappa shape index (κ2) is 11.6. The first-order valence-electron chi connectivity index (χ1n) is 8.38. The van der Waals surface area contributed by atoms with Crippen molar-refractivity contribution in [1.29, 1.82) is 0 Å². The van der Waals surface area contributed by atoms with Crippen LogP contribution < -0.4 is 4.72 Å². The van der Waals surface area contributed by atoms with Gasteiger partial charge >= 0.3 is 0 Å². The summed E-state index contributed by atoms with van der Waals surface area (Å²) in [7, 11) is -3.06. The summed E-state index contributed by atoms with van der Waals surface area (Å²) in [4.78, 5) is 0. The van der Waals surface area contributed by atoms with Gasteiger partial charge < -0.3 is 0 Å². The van der Waals surface area contributed by atoms with Crippen LogP contribution in [0.2, 0.25) is 0 Å². The lowest BCUT2D eigenvalue weighted by atomic mass is 9.92. The Morgan fingerprint density at radius 2 is 1.40 bits per heavy atom. The first-order chi connectivity index (χ1) is 9.41. The first kappa shape index (κ1) is 19.9. The number of sulfonamides is 1. The summed E-state index contributed by atoms with van der Waals surface area (Å²) in [5.41, 5.74) is 0. The normalized spacial score (nSPS) is 12.5. The quantitative estimate of drug-likeness (QED) is 0.515. The molecule has 0 unspecified atom stereocenters. The molecular weight excluding hydrogens is 270 g/mol. The minimum absolute atomic E-state index is 0.189. The molecule has 4 heteroatoms. The molecule has 0 aromatic rings. The van der Waals surface area contributed by atoms with Gasteiger partial charge in [0.05, 0.1) is 5.75 Å². The number of rotatable bonds is 13. The van der Waals surface area contributed by atoms with Crippen molar-refractivity contribution < 1.29 is 8.42 Å². The zero-order chi connectivity index (χ0) is 15.4. The van der Waals surface area contributed by atoms with Crippen molar-refractivity contribution in [2.75, 3.05) is 12.3 Å². The molecule has 3 nitrogen and oxygen atoms in total. The molecular formula is C16H35NO2S. The summed E-state index contributed by atoms with van der Waals surface area (Å²) in [5, 5.41) is 0. The average molecular weight is 306 g/mol. The predicted octanol–water partition coefficient (Wildman–Crippen LogP) is 4.34. The summed E-state index contributed by atoms with van der Waals surface area (Å²) in [5.74, 6) is 1.21. The highest BCUT2D eigenvalue weighted by molar-refractivity contribution is 7.89. The van der Waals surface area contributed by atoms with Gasteiger partial charge in [0.2, 0.25) is 10.0 Å². The fraction of sp³-hybridized carbons (Fsp3) is 1.00. The van der Waals surface area contributed by atoms with Crippen molar-refractivity contribution in [3.05, 3.63) is 0 Å². The number of unbranched alkanes of at least 4 members (excludes halogenated alkanes) is 2. The average Bonchev–Trinajstić information content (AvgIpc) is 2.35. The molecule has 0 heterocycles. The Morgan fingerprint density at radius 3 is 1.85 bits per heavy atom. The highest BCUT2D eigenvalue weighted by atomic mass is 32.2. The van der Waals surface area contributed by atoms with Crippen molar-refractivity contribution in [1.82, 2.24) is 4.72 Å². The third-order valence-corrected chi connectivity index (χ3v) is 5.35. The molecule has 0 amide bonds. The Bertz CT molecular complexity index is 304. The Morgan fingerprint density at radius 1 is 0.900 bits per heavy atom. The molecule has 122 valence electrons. The van der Waals surface area contributed by atoms with Gasteiger partial charge in [0.1, 0.15) is 0 Å². The van der Waals surface area contributed by atoms with Gasteiger partial charge in [0.25, 0.3) is 0 Å². The monoisotopic (exact) mass is 305 g/mol. The van der Waals surface area contributed by atoms with E-state index in [1.165, 1.54) is 38.5 Å². The van der Waals surface area contributed by atoms with Gasteiger partial charge in [-0.25, -0.2) is 13.1 Å². The number of nitrogens with one attached hydrogen (secondary N) is 1. The van der Waals surface area contributed by atoms with Crippen molar-refractivity contribution >= 4 is 10.0 Å². The molecule has 0 spiro atoms. The van der Waals surface area contributed by atoms with Gasteiger partial charge in [-0.15, -0.1) is 0 Å². The van der Waals surface area contributed by atoms with E-state index in [1.54, 1.807) is 0 Å². The van der Waals surface area contributed by atoms with E-state index in [-0.39, 0.29) is 11.7 Å². The third kappa shape index (κ3) is 11.7. The van der Waals surface area contributed by atoms with Gasteiger partial charge in [-0.05, 0) is 24.7 Å². The lowest BCUT2D eigenvalue weighted by Gasteiger charge is -2.16. The van der Waals surface area contributed by atoms with E-state index in [9.17, 15) is 8.42 Å². The van der Waals surface area contributed by atoms with Crippen LogP contribution in [0.5, 0.6) is 0 Å². The van der Waals surface area contributed by atoms with Crippen LogP contribution in [0.3, 0.4) is 0 Å². The third-order valence-electron chi connectivity index (χ3n) is 3.60. The summed E-state index contributed by atoms with van der Waals surface area (Å²) in [6.07, 6.45) is 9.83. The Labute approximate surface area is 127 Å². The largest absolute Gasteiger partial charge is 0.215 e. The first-order valence-corrected chi connectivity index (χ1v) is 10.0. The molecule has 0 aliphatic rings. The van der Waals surface area contributed by atoms with Gasteiger partial charge in [-0.3, -0.25) is 0 Å². The van der Waals surface area contributed by atoms with Crippen LogP contribution in [0.4, 0.5) is 0 Å². The summed E-state index contributed by atoms with van der Waals surface area (Å²) >= 11 is 0. The predicted molar refractivity (Wildman–Crippen MR) is 88.4 cm³/mol. The van der Waals surface area contributed by atoms with E-state index in [4.69, 9.17) is 0 Å². The van der Waals surface area contributed by atoms with E-state index in [0.717, 1.165) is 18.8 Å². The number of hydrogen-bond acceptors (Lipinski definition) is 2. The van der Waals surface area contributed by atoms with Crippen LogP contribution in [-0.2, 0) is 10.0 Å². The molecule has 20 heavy (non-hydrogen) atoms. The van der Waals surface area contributed by atoms with E-state index in [0.29, 0.717) is 6.54 Å². The maximum absolute atomic E-state index is 11.7. The Kier molecular flexibility index (Phi) is 11.5. The molecule has 0 saturated heterocycles. The van der Waals surface area contributed by atoms with Crippen molar-refractivity contribution in [3.8, 4) is 0 Å². The minimum atomic E-state index is -3.06. The lowest BCUT2D eigenvalue weighted by Crippen LogP contribution is -2.29. The molecule has 0 aromatic heterocycles. The van der Waals surface area contributed by atoms with Crippen molar-refractivity contribution in [2.24, 2.45) is 11.8 Å². The van der Waals surface area contributed by atoms with E-state index < -0.39 is 10.0 Å².